The second-order valence-corrected chi connectivity index (χ2v) is 10.1. The Morgan fingerprint density at radius 2 is 1.79 bits per heavy atom. The van der Waals surface area contributed by atoms with Gasteiger partial charge in [0.25, 0.3) is 6.43 Å². The van der Waals surface area contributed by atoms with Gasteiger partial charge in [0, 0.05) is 32.2 Å². The lowest BCUT2D eigenvalue weighted by atomic mass is 10.1. The van der Waals surface area contributed by atoms with Gasteiger partial charge in [0.2, 0.25) is 11.9 Å². The molecule has 3 aromatic rings. The number of piperidine rings is 1. The number of imidazole rings is 1. The molecule has 1 N–H and O–H groups in total. The normalized spacial score (nSPS) is 19.2. The van der Waals surface area contributed by atoms with E-state index >= 15 is 0 Å². The number of amides is 1. The summed E-state index contributed by atoms with van der Waals surface area (Å²) in [6, 6.07) is 8.75. The van der Waals surface area contributed by atoms with Gasteiger partial charge in [-0.2, -0.15) is 9.97 Å². The van der Waals surface area contributed by atoms with Crippen LogP contribution >= 0.6 is 0 Å². The maximum Gasteiger partial charge on any atom is 0.296 e. The monoisotopic (exact) mass is 526 g/mol. The zero-order valence-electron chi connectivity index (χ0n) is 21.2. The van der Waals surface area contributed by atoms with Crippen molar-refractivity contribution in [3.8, 4) is 5.82 Å². The van der Waals surface area contributed by atoms with Crippen LogP contribution in [-0.4, -0.2) is 100 Å². The minimum Gasteiger partial charge on any atom is -0.378 e. The van der Waals surface area contributed by atoms with Gasteiger partial charge in [-0.25, -0.2) is 13.8 Å². The van der Waals surface area contributed by atoms with Gasteiger partial charge in [0.15, 0.2) is 5.82 Å². The molecule has 6 rings (SSSR count). The Labute approximate surface area is 219 Å². The molecule has 1 aromatic carbocycles. The SMILES string of the molecule is O=C(CN1CCCCC1)N1CC(Nc2cc(-n3c(C(F)F)nc4ccccc43)nc(N3CCOCC3)n2)C1. The molecule has 202 valence electrons. The van der Waals surface area contributed by atoms with Crippen LogP contribution in [0, 0.1) is 0 Å². The third kappa shape index (κ3) is 5.14. The Kier molecular flexibility index (Phi) is 7.07. The highest BCUT2D eigenvalue weighted by molar-refractivity contribution is 5.80. The minimum absolute atomic E-state index is 0.0229. The molecule has 3 fully saturated rings. The number of hydrogen-bond acceptors (Lipinski definition) is 8. The topological polar surface area (TPSA) is 91.7 Å². The lowest BCUT2D eigenvalue weighted by Crippen LogP contribution is -2.59. The molecule has 0 radical (unpaired) electrons. The largest absolute Gasteiger partial charge is 0.378 e. The van der Waals surface area contributed by atoms with Crippen molar-refractivity contribution < 1.29 is 18.3 Å². The van der Waals surface area contributed by atoms with Gasteiger partial charge in [-0.05, 0) is 38.1 Å². The molecule has 0 atom stereocenters. The van der Waals surface area contributed by atoms with Crippen molar-refractivity contribution in [2.75, 3.05) is 69.2 Å². The van der Waals surface area contributed by atoms with Crippen LogP contribution in [0.4, 0.5) is 20.5 Å². The van der Waals surface area contributed by atoms with E-state index in [-0.39, 0.29) is 17.8 Å². The zero-order chi connectivity index (χ0) is 26.1. The van der Waals surface area contributed by atoms with Crippen molar-refractivity contribution in [2.45, 2.75) is 31.7 Å². The summed E-state index contributed by atoms with van der Waals surface area (Å²) in [5, 5.41) is 3.41. The number of rotatable bonds is 7. The number of benzene rings is 1. The van der Waals surface area contributed by atoms with Crippen LogP contribution in [0.15, 0.2) is 30.3 Å². The van der Waals surface area contributed by atoms with Gasteiger partial charge < -0.3 is 19.9 Å². The highest BCUT2D eigenvalue weighted by Crippen LogP contribution is 2.29. The fraction of sp³-hybridized carbons (Fsp3) is 0.538. The summed E-state index contributed by atoms with van der Waals surface area (Å²) >= 11 is 0. The Bertz CT molecular complexity index is 1280. The van der Waals surface area contributed by atoms with E-state index in [2.05, 4.69) is 15.2 Å². The smallest absolute Gasteiger partial charge is 0.296 e. The average molecular weight is 527 g/mol. The third-order valence-electron chi connectivity index (χ3n) is 7.40. The first-order valence-electron chi connectivity index (χ1n) is 13.3. The van der Waals surface area contributed by atoms with Crippen molar-refractivity contribution in [1.29, 1.82) is 0 Å². The van der Waals surface area contributed by atoms with Gasteiger partial charge >= 0.3 is 0 Å². The first kappa shape index (κ1) is 24.9. The van der Waals surface area contributed by atoms with Crippen LogP contribution in [0.2, 0.25) is 0 Å². The fourth-order valence-corrected chi connectivity index (χ4v) is 5.34. The number of nitrogens with zero attached hydrogens (tertiary/aromatic N) is 7. The molecule has 0 spiro atoms. The maximum absolute atomic E-state index is 14.1. The number of likely N-dealkylation sites (tertiary alicyclic amines) is 2. The predicted octanol–water partition coefficient (Wildman–Crippen LogP) is 2.70. The molecule has 0 saturated carbocycles. The van der Waals surface area contributed by atoms with Crippen molar-refractivity contribution in [2.24, 2.45) is 0 Å². The van der Waals surface area contributed by atoms with Crippen LogP contribution in [0.3, 0.4) is 0 Å². The van der Waals surface area contributed by atoms with Gasteiger partial charge in [-0.3, -0.25) is 14.3 Å². The van der Waals surface area contributed by atoms with Gasteiger partial charge in [0.05, 0.1) is 36.8 Å². The van der Waals surface area contributed by atoms with Crippen molar-refractivity contribution in [3.63, 3.8) is 0 Å². The highest BCUT2D eigenvalue weighted by Gasteiger charge is 2.32. The summed E-state index contributed by atoms with van der Waals surface area (Å²) in [4.78, 5) is 32.4. The number of aromatic nitrogens is 4. The molecule has 1 amide bonds. The molecule has 38 heavy (non-hydrogen) atoms. The van der Waals surface area contributed by atoms with E-state index in [1.54, 1.807) is 30.3 Å². The average Bonchev–Trinajstić information content (AvgIpc) is 3.31. The first-order valence-corrected chi connectivity index (χ1v) is 13.3. The number of anilines is 2. The van der Waals surface area contributed by atoms with Crippen LogP contribution < -0.4 is 10.2 Å². The Hall–Kier alpha value is -3.38. The summed E-state index contributed by atoms with van der Waals surface area (Å²) in [7, 11) is 0. The molecule has 3 saturated heterocycles. The van der Waals surface area contributed by atoms with E-state index in [9.17, 15) is 13.6 Å². The van der Waals surface area contributed by atoms with Gasteiger partial charge in [-0.15, -0.1) is 0 Å². The van der Waals surface area contributed by atoms with E-state index < -0.39 is 6.43 Å². The molecule has 0 aliphatic carbocycles. The number of alkyl halides is 2. The number of carbonyl (C=O) groups excluding carboxylic acids is 1. The summed E-state index contributed by atoms with van der Waals surface area (Å²) in [5.41, 5.74) is 1.03. The number of hydrogen-bond donors (Lipinski definition) is 1. The van der Waals surface area contributed by atoms with Crippen LogP contribution in [0.5, 0.6) is 0 Å². The van der Waals surface area contributed by atoms with E-state index in [1.165, 1.54) is 11.0 Å². The number of nitrogens with one attached hydrogen (secondary N) is 1. The molecule has 12 heteroatoms. The fourth-order valence-electron chi connectivity index (χ4n) is 5.34. The number of ether oxygens (including phenoxy) is 1. The number of para-hydroxylation sites is 2. The van der Waals surface area contributed by atoms with Crippen molar-refractivity contribution in [3.05, 3.63) is 36.2 Å². The van der Waals surface area contributed by atoms with E-state index in [0.717, 1.165) is 25.9 Å². The Morgan fingerprint density at radius 1 is 1.03 bits per heavy atom. The lowest BCUT2D eigenvalue weighted by Gasteiger charge is -2.41. The number of carbonyl (C=O) groups is 1. The van der Waals surface area contributed by atoms with E-state index in [0.29, 0.717) is 74.6 Å². The summed E-state index contributed by atoms with van der Waals surface area (Å²) in [6.45, 7) is 5.90. The second-order valence-electron chi connectivity index (χ2n) is 10.1. The molecule has 3 aliphatic rings. The molecule has 0 unspecified atom stereocenters. The molecule has 2 aromatic heterocycles. The molecular formula is C26H32F2N8O2. The molecule has 5 heterocycles. The van der Waals surface area contributed by atoms with E-state index in [1.807, 2.05) is 9.80 Å². The molecule has 10 nitrogen and oxygen atoms in total. The molecule has 3 aliphatic heterocycles. The first-order chi connectivity index (χ1) is 18.5. The zero-order valence-corrected chi connectivity index (χ0v) is 21.2. The number of halogens is 2. The summed E-state index contributed by atoms with van der Waals surface area (Å²) in [6.07, 6.45) is 0.768. The predicted molar refractivity (Wildman–Crippen MR) is 139 cm³/mol. The minimum atomic E-state index is -2.77. The van der Waals surface area contributed by atoms with Crippen molar-refractivity contribution in [1.82, 2.24) is 29.3 Å². The van der Waals surface area contributed by atoms with Crippen LogP contribution in [-0.2, 0) is 9.53 Å². The molecular weight excluding hydrogens is 494 g/mol. The maximum atomic E-state index is 14.1. The standard InChI is InChI=1S/C26H32F2N8O2/c27-24(28)25-30-19-6-2-3-7-20(19)36(25)22-14-21(31-26(32-22)34-10-12-38-13-11-34)29-18-15-35(16-18)23(37)17-33-8-4-1-5-9-33/h2-3,6-7,14,18,24H,1,4-5,8-13,15-17H2,(H,29,31,32). The van der Waals surface area contributed by atoms with Gasteiger partial charge in [0.1, 0.15) is 11.6 Å². The summed E-state index contributed by atoms with van der Waals surface area (Å²) < 4.78 is 35.0. The quantitative estimate of drug-likeness (QED) is 0.503. The summed E-state index contributed by atoms with van der Waals surface area (Å²) in [5.74, 6) is 1.09. The van der Waals surface area contributed by atoms with Crippen LogP contribution in [0.25, 0.3) is 16.9 Å². The third-order valence-corrected chi connectivity index (χ3v) is 7.40. The Morgan fingerprint density at radius 3 is 2.55 bits per heavy atom. The van der Waals surface area contributed by atoms with E-state index in [4.69, 9.17) is 14.7 Å². The van der Waals surface area contributed by atoms with Gasteiger partial charge in [-0.1, -0.05) is 18.6 Å². The lowest BCUT2D eigenvalue weighted by molar-refractivity contribution is -0.136. The van der Waals surface area contributed by atoms with Crippen molar-refractivity contribution >= 4 is 28.7 Å². The number of morpholine rings is 1. The second kappa shape index (κ2) is 10.8. The van der Waals surface area contributed by atoms with Crippen LogP contribution in [0.1, 0.15) is 31.5 Å². The Balaban J connectivity index is 1.24. The highest BCUT2D eigenvalue weighted by atomic mass is 19.3. The number of fused-ring (bicyclic) bond motifs is 1. The molecule has 0 bridgehead atoms.